The van der Waals surface area contributed by atoms with E-state index in [4.69, 9.17) is 4.74 Å². The van der Waals surface area contributed by atoms with Gasteiger partial charge in [-0.05, 0) is 42.8 Å². The van der Waals surface area contributed by atoms with Crippen molar-refractivity contribution in [2.45, 2.75) is 20.0 Å². The van der Waals surface area contributed by atoms with Crippen molar-refractivity contribution in [1.82, 2.24) is 15.2 Å². The number of nitrogens with zero attached hydrogens (tertiary/aromatic N) is 3. The Morgan fingerprint density at radius 3 is 2.49 bits per heavy atom. The van der Waals surface area contributed by atoms with E-state index in [9.17, 15) is 9.59 Å². The Balaban J connectivity index is 1.13. The van der Waals surface area contributed by atoms with E-state index in [0.29, 0.717) is 32.7 Å². The van der Waals surface area contributed by atoms with Crippen LogP contribution in [-0.4, -0.2) is 54.4 Å². The number of benzene rings is 2. The molecule has 3 aromatic rings. The summed E-state index contributed by atoms with van der Waals surface area (Å²) in [5, 5.41) is 5.81. The number of anilines is 1. The van der Waals surface area contributed by atoms with Gasteiger partial charge in [0.1, 0.15) is 12.4 Å². The molecule has 0 bridgehead atoms. The van der Waals surface area contributed by atoms with Gasteiger partial charge in [-0.15, -0.1) is 11.3 Å². The fraction of sp³-hybridized carbons (Fsp3) is 0.296. The first kappa shape index (κ1) is 24.5. The maximum atomic E-state index is 12.5. The van der Waals surface area contributed by atoms with Gasteiger partial charge in [0.15, 0.2) is 0 Å². The number of nitrogens with one attached hydrogen (secondary N) is 1. The van der Waals surface area contributed by atoms with Gasteiger partial charge in [-0.1, -0.05) is 30.3 Å². The topological polar surface area (TPSA) is 74.8 Å². The minimum absolute atomic E-state index is 0.0744. The van der Waals surface area contributed by atoms with E-state index < -0.39 is 0 Å². The molecule has 2 aromatic carbocycles. The van der Waals surface area contributed by atoms with Gasteiger partial charge < -0.3 is 19.9 Å². The molecule has 2 heterocycles. The van der Waals surface area contributed by atoms with Crippen LogP contribution in [0.4, 0.5) is 5.69 Å². The molecule has 35 heavy (non-hydrogen) atoms. The lowest BCUT2D eigenvalue weighted by atomic mass is 10.2. The molecule has 1 saturated heterocycles. The van der Waals surface area contributed by atoms with Crippen LogP contribution in [0.25, 0.3) is 6.08 Å². The van der Waals surface area contributed by atoms with Crippen LogP contribution in [0.15, 0.2) is 66.1 Å². The number of thiazole rings is 1. The van der Waals surface area contributed by atoms with E-state index in [1.165, 1.54) is 11.8 Å². The molecule has 1 aliphatic heterocycles. The lowest BCUT2D eigenvalue weighted by Gasteiger charge is -2.36. The molecule has 0 atom stereocenters. The van der Waals surface area contributed by atoms with Crippen LogP contribution in [0.1, 0.15) is 22.7 Å². The second-order valence-corrected chi connectivity index (χ2v) is 9.36. The molecule has 0 unspecified atom stereocenters. The molecule has 0 spiro atoms. The molecule has 1 fully saturated rings. The quantitative estimate of drug-likeness (QED) is 0.461. The van der Waals surface area contributed by atoms with Crippen molar-refractivity contribution >= 4 is 34.9 Å². The minimum Gasteiger partial charge on any atom is -0.487 e. The molecule has 2 amide bonds. The van der Waals surface area contributed by atoms with Crippen LogP contribution in [0.3, 0.4) is 0 Å². The zero-order valence-electron chi connectivity index (χ0n) is 19.9. The summed E-state index contributed by atoms with van der Waals surface area (Å²) < 4.78 is 5.74. The molecule has 1 N–H and O–H groups in total. The van der Waals surface area contributed by atoms with Crippen LogP contribution in [0.2, 0.25) is 0 Å². The number of hydrogen-bond acceptors (Lipinski definition) is 6. The number of aromatic nitrogens is 1. The summed E-state index contributed by atoms with van der Waals surface area (Å²) in [7, 11) is 0. The predicted octanol–water partition coefficient (Wildman–Crippen LogP) is 3.90. The van der Waals surface area contributed by atoms with E-state index in [1.807, 2.05) is 59.7 Å². The number of hydrogen-bond donors (Lipinski definition) is 1. The summed E-state index contributed by atoms with van der Waals surface area (Å²) in [6, 6.07) is 17.8. The minimum atomic E-state index is -0.217. The fourth-order valence-corrected chi connectivity index (χ4v) is 4.44. The number of carbonyl (C=O) groups is 2. The average molecular weight is 491 g/mol. The van der Waals surface area contributed by atoms with Crippen LogP contribution in [0.5, 0.6) is 5.75 Å². The molecule has 0 radical (unpaired) electrons. The highest BCUT2D eigenvalue weighted by atomic mass is 32.1. The van der Waals surface area contributed by atoms with Crippen LogP contribution in [-0.2, 0) is 16.2 Å². The maximum absolute atomic E-state index is 12.5. The Hall–Kier alpha value is -3.65. The number of aryl methyl sites for hydroxylation is 1. The summed E-state index contributed by atoms with van der Waals surface area (Å²) in [6.45, 7) is 5.76. The lowest BCUT2D eigenvalue weighted by Crippen LogP contribution is -2.49. The number of para-hydroxylation sites is 1. The smallest absolute Gasteiger partial charge is 0.244 e. The number of carbonyl (C=O) groups excluding carboxylic acids is 2. The highest BCUT2D eigenvalue weighted by molar-refractivity contribution is 7.09. The van der Waals surface area contributed by atoms with Gasteiger partial charge in [-0.25, -0.2) is 4.98 Å². The van der Waals surface area contributed by atoms with E-state index in [0.717, 1.165) is 35.1 Å². The Bertz CT molecular complexity index is 1140. The molecule has 1 aliphatic rings. The Labute approximate surface area is 210 Å². The van der Waals surface area contributed by atoms with E-state index in [2.05, 4.69) is 27.3 Å². The second kappa shape index (κ2) is 12.2. The first-order valence-electron chi connectivity index (χ1n) is 11.7. The Morgan fingerprint density at radius 1 is 1.06 bits per heavy atom. The van der Waals surface area contributed by atoms with Crippen molar-refractivity contribution < 1.29 is 14.3 Å². The van der Waals surface area contributed by atoms with Crippen LogP contribution >= 0.6 is 11.3 Å². The van der Waals surface area contributed by atoms with Crippen molar-refractivity contribution in [3.63, 3.8) is 0 Å². The highest BCUT2D eigenvalue weighted by Crippen LogP contribution is 2.17. The molecule has 7 nitrogen and oxygen atoms in total. The number of piperazine rings is 1. The van der Waals surface area contributed by atoms with Crippen molar-refractivity contribution in [2.24, 2.45) is 0 Å². The fourth-order valence-electron chi connectivity index (χ4n) is 3.84. The molecule has 1 aromatic heterocycles. The molecular formula is C27H30N4O3S. The SMILES string of the molecule is Cc1nc(COc2ccc(/C=C/C(=O)NCCC(=O)N3CCN(c4ccccc4)CC3)cc2)cs1. The van der Waals surface area contributed by atoms with Crippen molar-refractivity contribution in [3.8, 4) is 5.75 Å². The highest BCUT2D eigenvalue weighted by Gasteiger charge is 2.20. The van der Waals surface area contributed by atoms with Gasteiger partial charge in [0, 0.05) is 56.3 Å². The van der Waals surface area contributed by atoms with Crippen molar-refractivity contribution in [3.05, 3.63) is 82.3 Å². The second-order valence-electron chi connectivity index (χ2n) is 8.29. The summed E-state index contributed by atoms with van der Waals surface area (Å²) in [5.41, 5.74) is 3.00. The molecular weight excluding hydrogens is 460 g/mol. The van der Waals surface area contributed by atoms with E-state index >= 15 is 0 Å². The van der Waals surface area contributed by atoms with Gasteiger partial charge in [-0.2, -0.15) is 0 Å². The molecule has 8 heteroatoms. The predicted molar refractivity (Wildman–Crippen MR) is 140 cm³/mol. The first-order valence-corrected chi connectivity index (χ1v) is 12.6. The maximum Gasteiger partial charge on any atom is 0.244 e. The third-order valence-corrected chi connectivity index (χ3v) is 6.57. The lowest BCUT2D eigenvalue weighted by molar-refractivity contribution is -0.131. The van der Waals surface area contributed by atoms with E-state index in [1.54, 1.807) is 17.4 Å². The van der Waals surface area contributed by atoms with Gasteiger partial charge in [0.05, 0.1) is 10.7 Å². The van der Waals surface area contributed by atoms with Gasteiger partial charge in [0.2, 0.25) is 11.8 Å². The van der Waals surface area contributed by atoms with Crippen LogP contribution < -0.4 is 15.0 Å². The van der Waals surface area contributed by atoms with E-state index in [-0.39, 0.29) is 11.8 Å². The monoisotopic (exact) mass is 490 g/mol. The summed E-state index contributed by atoms with van der Waals surface area (Å²) in [6.07, 6.45) is 3.53. The average Bonchev–Trinajstić information content (AvgIpc) is 3.32. The zero-order chi connectivity index (χ0) is 24.5. The third-order valence-electron chi connectivity index (χ3n) is 5.75. The standard InChI is InChI=1S/C27H30N4O3S/c1-21-29-23(20-35-21)19-34-25-10-7-22(8-11-25)9-12-26(32)28-14-13-27(33)31-17-15-30(16-18-31)24-5-3-2-4-6-24/h2-12,20H,13-19H2,1H3,(H,28,32)/b12-9+. The Kier molecular flexibility index (Phi) is 8.51. The molecule has 0 saturated carbocycles. The van der Waals surface area contributed by atoms with Gasteiger partial charge >= 0.3 is 0 Å². The number of amides is 2. The molecule has 182 valence electrons. The van der Waals surface area contributed by atoms with Crippen molar-refractivity contribution in [2.75, 3.05) is 37.6 Å². The first-order chi connectivity index (χ1) is 17.1. The zero-order valence-corrected chi connectivity index (χ0v) is 20.7. The summed E-state index contributed by atoms with van der Waals surface area (Å²) in [4.78, 5) is 33.2. The van der Waals surface area contributed by atoms with Gasteiger partial charge in [0.25, 0.3) is 0 Å². The normalized spacial score (nSPS) is 13.7. The van der Waals surface area contributed by atoms with Crippen LogP contribution in [0, 0.1) is 6.92 Å². The number of rotatable bonds is 9. The molecule has 0 aliphatic carbocycles. The summed E-state index contributed by atoms with van der Waals surface area (Å²) >= 11 is 1.60. The third kappa shape index (κ3) is 7.42. The largest absolute Gasteiger partial charge is 0.487 e. The summed E-state index contributed by atoms with van der Waals surface area (Å²) in [5.74, 6) is 0.608. The van der Waals surface area contributed by atoms with Crippen molar-refractivity contribution in [1.29, 1.82) is 0 Å². The van der Waals surface area contributed by atoms with Gasteiger partial charge in [-0.3, -0.25) is 9.59 Å². The Morgan fingerprint density at radius 2 is 1.80 bits per heavy atom. The number of ether oxygens (including phenoxy) is 1. The molecule has 4 rings (SSSR count).